The Labute approximate surface area is 169 Å². The molecule has 0 fully saturated rings. The Morgan fingerprint density at radius 1 is 1.29 bits per heavy atom. The molecule has 1 unspecified atom stereocenters. The molecule has 0 radical (unpaired) electrons. The number of benzene rings is 2. The number of likely N-dealkylation sites (N-methyl/N-ethyl adjacent to an activating group) is 1. The first kappa shape index (κ1) is 19.7. The van der Waals surface area contributed by atoms with Gasteiger partial charge in [0.1, 0.15) is 17.1 Å². The number of carbonyl (C=O) groups excluding carboxylic acids is 3. The lowest BCUT2D eigenvalue weighted by molar-refractivity contribution is -0.128. The van der Waals surface area contributed by atoms with E-state index < -0.39 is 24.6 Å². The Morgan fingerprint density at radius 3 is 2.79 bits per heavy atom. The molecule has 8 nitrogen and oxygen atoms in total. The number of para-hydroxylation sites is 2. The molecule has 3 rings (SSSR count). The van der Waals surface area contributed by atoms with Gasteiger partial charge in [-0.05, 0) is 30.3 Å². The van der Waals surface area contributed by atoms with Crippen molar-refractivity contribution in [2.45, 2.75) is 6.10 Å². The summed E-state index contributed by atoms with van der Waals surface area (Å²) in [6.45, 7) is -0.575. The molecule has 2 amide bonds. The fourth-order valence-electron chi connectivity index (χ4n) is 2.72. The summed E-state index contributed by atoms with van der Waals surface area (Å²) in [6.07, 6.45) is -0.881. The molecule has 9 heteroatoms. The van der Waals surface area contributed by atoms with Crippen LogP contribution in [0.3, 0.4) is 0 Å². The van der Waals surface area contributed by atoms with Gasteiger partial charge in [0, 0.05) is 11.5 Å². The van der Waals surface area contributed by atoms with Crippen molar-refractivity contribution in [3.05, 3.63) is 52.5 Å². The van der Waals surface area contributed by atoms with E-state index in [1.807, 2.05) is 0 Å². The number of esters is 1. The maximum absolute atomic E-state index is 12.7. The standard InChI is InChI=1S/C19H17BrN2O6/c1-21-18(25)16-9-22(13-4-2-3-5-15(13)28-16)17(24)10-27-19(26)12-8-11(20)6-7-14(12)23/h2-8,16,23H,9-10H2,1H3,(H,21,25). The normalized spacial score (nSPS) is 15.2. The second-order valence-electron chi connectivity index (χ2n) is 5.93. The number of aromatic hydroxyl groups is 1. The quantitative estimate of drug-likeness (QED) is 0.691. The second-order valence-corrected chi connectivity index (χ2v) is 6.85. The Balaban J connectivity index is 1.75. The van der Waals surface area contributed by atoms with Crippen molar-refractivity contribution in [1.29, 1.82) is 0 Å². The summed E-state index contributed by atoms with van der Waals surface area (Å²) in [5, 5.41) is 12.3. The Kier molecular flexibility index (Phi) is 5.84. The number of fused-ring (bicyclic) bond motifs is 1. The number of anilines is 1. The van der Waals surface area contributed by atoms with Gasteiger partial charge in [-0.3, -0.25) is 9.59 Å². The minimum atomic E-state index is -0.881. The molecule has 0 bridgehead atoms. The third kappa shape index (κ3) is 4.09. The first-order valence-electron chi connectivity index (χ1n) is 8.34. The smallest absolute Gasteiger partial charge is 0.342 e. The van der Waals surface area contributed by atoms with E-state index in [1.54, 1.807) is 30.3 Å². The summed E-state index contributed by atoms with van der Waals surface area (Å²) in [5.74, 6) is -1.60. The highest BCUT2D eigenvalue weighted by Crippen LogP contribution is 2.33. The Morgan fingerprint density at radius 2 is 2.04 bits per heavy atom. The predicted octanol–water partition coefficient (Wildman–Crippen LogP) is 1.85. The first-order valence-corrected chi connectivity index (χ1v) is 9.13. The Hall–Kier alpha value is -3.07. The van der Waals surface area contributed by atoms with Crippen LogP contribution in [0.5, 0.6) is 11.5 Å². The van der Waals surface area contributed by atoms with Crippen molar-refractivity contribution in [1.82, 2.24) is 5.32 Å². The molecule has 2 aromatic rings. The monoisotopic (exact) mass is 448 g/mol. The molecule has 2 N–H and O–H groups in total. The minimum Gasteiger partial charge on any atom is -0.507 e. The number of ether oxygens (including phenoxy) is 2. The number of hydrogen-bond donors (Lipinski definition) is 2. The number of rotatable bonds is 4. The summed E-state index contributed by atoms with van der Waals surface area (Å²) in [6, 6.07) is 11.1. The van der Waals surface area contributed by atoms with Crippen molar-refractivity contribution >= 4 is 39.4 Å². The second kappa shape index (κ2) is 8.30. The highest BCUT2D eigenvalue weighted by molar-refractivity contribution is 9.10. The molecular weight excluding hydrogens is 432 g/mol. The van der Waals surface area contributed by atoms with Crippen molar-refractivity contribution in [2.75, 3.05) is 25.1 Å². The van der Waals surface area contributed by atoms with Gasteiger partial charge in [-0.1, -0.05) is 28.1 Å². The van der Waals surface area contributed by atoms with Gasteiger partial charge in [0.05, 0.1) is 12.2 Å². The van der Waals surface area contributed by atoms with E-state index in [0.29, 0.717) is 15.9 Å². The molecule has 1 heterocycles. The van der Waals surface area contributed by atoms with Gasteiger partial charge in [-0.15, -0.1) is 0 Å². The van der Waals surface area contributed by atoms with E-state index in [9.17, 15) is 19.5 Å². The van der Waals surface area contributed by atoms with Crippen molar-refractivity contribution < 1.29 is 29.0 Å². The Bertz CT molecular complexity index is 932. The molecule has 2 aromatic carbocycles. The van der Waals surface area contributed by atoms with E-state index in [0.717, 1.165) is 0 Å². The van der Waals surface area contributed by atoms with Crippen LogP contribution in [0.2, 0.25) is 0 Å². The fourth-order valence-corrected chi connectivity index (χ4v) is 3.08. The van der Waals surface area contributed by atoms with Crippen LogP contribution in [0.4, 0.5) is 5.69 Å². The number of phenols is 1. The zero-order chi connectivity index (χ0) is 20.3. The highest BCUT2D eigenvalue weighted by atomic mass is 79.9. The molecule has 0 saturated carbocycles. The lowest BCUT2D eigenvalue weighted by Crippen LogP contribution is -2.51. The maximum atomic E-state index is 12.7. The molecule has 1 aliphatic heterocycles. The van der Waals surface area contributed by atoms with Crippen LogP contribution in [0.1, 0.15) is 10.4 Å². The number of hydrogen-bond acceptors (Lipinski definition) is 6. The SMILES string of the molecule is CNC(=O)C1CN(C(=O)COC(=O)c2cc(Br)ccc2O)c2ccccc2O1. The average molecular weight is 449 g/mol. The van der Waals surface area contributed by atoms with E-state index in [2.05, 4.69) is 21.2 Å². The summed E-state index contributed by atoms with van der Waals surface area (Å²) in [7, 11) is 1.48. The van der Waals surface area contributed by atoms with Gasteiger partial charge in [-0.2, -0.15) is 0 Å². The van der Waals surface area contributed by atoms with Gasteiger partial charge in [0.25, 0.3) is 11.8 Å². The summed E-state index contributed by atoms with van der Waals surface area (Å²) in [5.41, 5.74) is 0.418. The number of halogens is 1. The van der Waals surface area contributed by atoms with Crippen LogP contribution in [0.25, 0.3) is 0 Å². The number of nitrogens with zero attached hydrogens (tertiary/aromatic N) is 1. The van der Waals surface area contributed by atoms with E-state index >= 15 is 0 Å². The molecule has 0 aromatic heterocycles. The zero-order valence-electron chi connectivity index (χ0n) is 14.8. The van der Waals surface area contributed by atoms with E-state index in [-0.39, 0.29) is 23.8 Å². The lowest BCUT2D eigenvalue weighted by atomic mass is 10.1. The van der Waals surface area contributed by atoms with Gasteiger partial charge in [0.2, 0.25) is 0 Å². The topological polar surface area (TPSA) is 105 Å². The maximum Gasteiger partial charge on any atom is 0.342 e. The van der Waals surface area contributed by atoms with Crippen molar-refractivity contribution in [3.8, 4) is 11.5 Å². The predicted molar refractivity (Wildman–Crippen MR) is 103 cm³/mol. The third-order valence-corrected chi connectivity index (χ3v) is 4.61. The number of amides is 2. The minimum absolute atomic E-state index is 0.0186. The molecule has 28 heavy (non-hydrogen) atoms. The summed E-state index contributed by atoms with van der Waals surface area (Å²) >= 11 is 3.21. The molecule has 0 saturated heterocycles. The summed E-state index contributed by atoms with van der Waals surface area (Å²) < 4.78 is 11.3. The molecule has 1 atom stereocenters. The number of phenolic OH excluding ortho intramolecular Hbond substituents is 1. The van der Waals surface area contributed by atoms with Crippen LogP contribution in [-0.4, -0.2) is 49.2 Å². The first-order chi connectivity index (χ1) is 13.4. The zero-order valence-corrected chi connectivity index (χ0v) is 16.4. The summed E-state index contributed by atoms with van der Waals surface area (Å²) in [4.78, 5) is 38.2. The van der Waals surface area contributed by atoms with Gasteiger partial charge in [0.15, 0.2) is 12.7 Å². The van der Waals surface area contributed by atoms with Gasteiger partial charge in [-0.25, -0.2) is 4.79 Å². The number of nitrogens with one attached hydrogen (secondary N) is 1. The van der Waals surface area contributed by atoms with Crippen molar-refractivity contribution in [2.24, 2.45) is 0 Å². The van der Waals surface area contributed by atoms with Gasteiger partial charge < -0.3 is 24.8 Å². The van der Waals surface area contributed by atoms with E-state index in [1.165, 1.54) is 24.1 Å². The van der Waals surface area contributed by atoms with Crippen LogP contribution < -0.4 is 15.0 Å². The van der Waals surface area contributed by atoms with Crippen LogP contribution in [-0.2, 0) is 14.3 Å². The van der Waals surface area contributed by atoms with Crippen molar-refractivity contribution in [3.63, 3.8) is 0 Å². The largest absolute Gasteiger partial charge is 0.507 e. The molecule has 1 aliphatic rings. The van der Waals surface area contributed by atoms with Crippen LogP contribution in [0, 0.1) is 0 Å². The third-order valence-electron chi connectivity index (χ3n) is 4.12. The molecule has 0 aliphatic carbocycles. The molecular formula is C19H17BrN2O6. The van der Waals surface area contributed by atoms with Crippen LogP contribution >= 0.6 is 15.9 Å². The van der Waals surface area contributed by atoms with Crippen LogP contribution in [0.15, 0.2) is 46.9 Å². The number of carbonyl (C=O) groups is 3. The molecule has 0 spiro atoms. The average Bonchev–Trinajstić information content (AvgIpc) is 2.71. The molecule has 146 valence electrons. The fraction of sp³-hybridized carbons (Fsp3) is 0.211. The van der Waals surface area contributed by atoms with Gasteiger partial charge >= 0.3 is 5.97 Å². The lowest BCUT2D eigenvalue weighted by Gasteiger charge is -2.33. The highest BCUT2D eigenvalue weighted by Gasteiger charge is 2.33. The van der Waals surface area contributed by atoms with E-state index in [4.69, 9.17) is 9.47 Å².